The minimum absolute atomic E-state index is 0.0293. The summed E-state index contributed by atoms with van der Waals surface area (Å²) in [6.07, 6.45) is 1.26. The Balaban J connectivity index is 2.40. The summed E-state index contributed by atoms with van der Waals surface area (Å²) >= 11 is 5.75. The molecule has 0 saturated carbocycles. The van der Waals surface area contributed by atoms with Crippen LogP contribution in [0.3, 0.4) is 0 Å². The zero-order valence-corrected chi connectivity index (χ0v) is 12.2. The van der Waals surface area contributed by atoms with Gasteiger partial charge in [0, 0.05) is 6.07 Å². The maximum atomic E-state index is 9.55. The number of aromatic hydroxyl groups is 1. The molecule has 0 aliphatic rings. The maximum Gasteiger partial charge on any atom is 0.224 e. The topological polar surface area (TPSA) is 91.1 Å². The summed E-state index contributed by atoms with van der Waals surface area (Å²) in [4.78, 5) is 7.74. The molecule has 0 spiro atoms. The molecule has 0 unspecified atom stereocenters. The lowest BCUT2D eigenvalue weighted by molar-refractivity contribution is 0.243. The van der Waals surface area contributed by atoms with Crippen molar-refractivity contribution in [2.24, 2.45) is 0 Å². The first kappa shape index (κ1) is 14.9. The van der Waals surface area contributed by atoms with Crippen LogP contribution in [-0.2, 0) is 0 Å². The van der Waals surface area contributed by atoms with E-state index in [4.69, 9.17) is 21.6 Å². The van der Waals surface area contributed by atoms with Crippen molar-refractivity contribution in [3.05, 3.63) is 35.2 Å². The molecule has 7 heteroatoms. The van der Waals surface area contributed by atoms with Crippen LogP contribution in [0, 0.1) is 11.3 Å². The van der Waals surface area contributed by atoms with Crippen LogP contribution in [0.25, 0.3) is 0 Å². The molecule has 0 aliphatic carbocycles. The molecule has 2 aromatic rings. The van der Waals surface area contributed by atoms with Crippen LogP contribution in [0.2, 0.25) is 5.28 Å². The van der Waals surface area contributed by atoms with Crippen molar-refractivity contribution in [1.29, 1.82) is 5.26 Å². The van der Waals surface area contributed by atoms with Gasteiger partial charge in [-0.3, -0.25) is 0 Å². The van der Waals surface area contributed by atoms with Crippen molar-refractivity contribution in [1.82, 2.24) is 9.97 Å². The highest BCUT2D eigenvalue weighted by Crippen LogP contribution is 2.32. The molecule has 6 nitrogen and oxygen atoms in total. The Morgan fingerprint density at radius 2 is 2.19 bits per heavy atom. The Morgan fingerprint density at radius 3 is 2.86 bits per heavy atom. The normalized spacial score (nSPS) is 10.2. The summed E-state index contributed by atoms with van der Waals surface area (Å²) in [5, 5.41) is 21.6. The third-order valence-electron chi connectivity index (χ3n) is 2.46. The summed E-state index contributed by atoms with van der Waals surface area (Å²) in [5.41, 5.74) is 0.815. The van der Waals surface area contributed by atoms with Crippen LogP contribution in [0.4, 0.5) is 11.5 Å². The molecule has 108 valence electrons. The largest absolute Gasteiger partial charge is 0.508 e. The van der Waals surface area contributed by atoms with Gasteiger partial charge >= 0.3 is 0 Å². The number of ether oxygens (including phenoxy) is 1. The molecule has 1 heterocycles. The third kappa shape index (κ3) is 3.74. The molecule has 0 radical (unpaired) electrons. The second-order valence-corrected chi connectivity index (χ2v) is 4.82. The van der Waals surface area contributed by atoms with E-state index in [0.717, 1.165) is 0 Å². The predicted octanol–water partition coefficient (Wildman–Crippen LogP) is 3.24. The Morgan fingerprint density at radius 1 is 1.43 bits per heavy atom. The molecule has 0 amide bonds. The number of hydrogen-bond donors (Lipinski definition) is 2. The van der Waals surface area contributed by atoms with Gasteiger partial charge in [0.05, 0.1) is 18.0 Å². The van der Waals surface area contributed by atoms with Gasteiger partial charge in [-0.1, -0.05) is 0 Å². The lowest BCUT2D eigenvalue weighted by atomic mass is 10.2. The number of nitrogens with zero attached hydrogens (tertiary/aromatic N) is 3. The smallest absolute Gasteiger partial charge is 0.224 e. The zero-order chi connectivity index (χ0) is 15.4. The van der Waals surface area contributed by atoms with Crippen molar-refractivity contribution < 1.29 is 9.84 Å². The number of nitrogens with one attached hydrogen (secondary N) is 1. The van der Waals surface area contributed by atoms with Gasteiger partial charge in [0.1, 0.15) is 23.1 Å². The fourth-order valence-electron chi connectivity index (χ4n) is 1.63. The number of halogens is 1. The van der Waals surface area contributed by atoms with E-state index >= 15 is 0 Å². The molecule has 2 rings (SSSR count). The van der Waals surface area contributed by atoms with Crippen LogP contribution < -0.4 is 10.1 Å². The van der Waals surface area contributed by atoms with Crippen LogP contribution in [0.5, 0.6) is 11.5 Å². The quantitative estimate of drug-likeness (QED) is 0.665. The van der Waals surface area contributed by atoms with Gasteiger partial charge < -0.3 is 15.2 Å². The summed E-state index contributed by atoms with van der Waals surface area (Å²) in [6, 6.07) is 6.60. The highest BCUT2D eigenvalue weighted by molar-refractivity contribution is 6.28. The Kier molecular flexibility index (Phi) is 4.45. The van der Waals surface area contributed by atoms with E-state index in [1.807, 2.05) is 19.9 Å². The zero-order valence-electron chi connectivity index (χ0n) is 11.5. The number of anilines is 2. The molecule has 0 bridgehead atoms. The van der Waals surface area contributed by atoms with Crippen molar-refractivity contribution in [3.63, 3.8) is 0 Å². The Bertz CT molecular complexity index is 698. The molecule has 0 atom stereocenters. The van der Waals surface area contributed by atoms with Crippen molar-refractivity contribution in [2.45, 2.75) is 20.0 Å². The SMILES string of the molecule is CC(C)Oc1cc(O)ccc1Nc1nc(Cl)ncc1C#N. The van der Waals surface area contributed by atoms with Crippen molar-refractivity contribution in [2.75, 3.05) is 5.32 Å². The maximum absolute atomic E-state index is 9.55. The minimum atomic E-state index is -0.0724. The fraction of sp³-hybridized carbons (Fsp3) is 0.214. The van der Waals surface area contributed by atoms with E-state index in [1.54, 1.807) is 6.07 Å². The number of phenolic OH excluding ortho intramolecular Hbond substituents is 1. The molecule has 21 heavy (non-hydrogen) atoms. The second kappa shape index (κ2) is 6.29. The molecule has 0 fully saturated rings. The number of benzene rings is 1. The van der Waals surface area contributed by atoms with E-state index in [2.05, 4.69) is 15.3 Å². The minimum Gasteiger partial charge on any atom is -0.508 e. The van der Waals surface area contributed by atoms with E-state index in [1.165, 1.54) is 18.3 Å². The van der Waals surface area contributed by atoms with Gasteiger partial charge in [0.15, 0.2) is 5.82 Å². The second-order valence-electron chi connectivity index (χ2n) is 4.49. The summed E-state index contributed by atoms with van der Waals surface area (Å²) < 4.78 is 5.62. The van der Waals surface area contributed by atoms with Crippen LogP contribution in [0.1, 0.15) is 19.4 Å². The van der Waals surface area contributed by atoms with E-state index in [0.29, 0.717) is 11.4 Å². The molecule has 1 aromatic heterocycles. The highest BCUT2D eigenvalue weighted by Gasteiger charge is 2.11. The molecule has 1 aromatic carbocycles. The Labute approximate surface area is 127 Å². The van der Waals surface area contributed by atoms with Crippen molar-refractivity contribution >= 4 is 23.1 Å². The van der Waals surface area contributed by atoms with Gasteiger partial charge in [-0.15, -0.1) is 0 Å². The first-order chi connectivity index (χ1) is 9.99. The predicted molar refractivity (Wildman–Crippen MR) is 78.9 cm³/mol. The number of aromatic nitrogens is 2. The van der Waals surface area contributed by atoms with Gasteiger partial charge in [-0.25, -0.2) is 4.98 Å². The summed E-state index contributed by atoms with van der Waals surface area (Å²) in [7, 11) is 0. The van der Waals surface area contributed by atoms with E-state index < -0.39 is 0 Å². The van der Waals surface area contributed by atoms with Gasteiger partial charge in [-0.2, -0.15) is 10.2 Å². The number of nitriles is 1. The fourth-order valence-corrected chi connectivity index (χ4v) is 1.76. The third-order valence-corrected chi connectivity index (χ3v) is 2.64. The van der Waals surface area contributed by atoms with E-state index in [9.17, 15) is 5.11 Å². The Hall–Kier alpha value is -2.52. The molecule has 0 aliphatic heterocycles. The molecular weight excluding hydrogens is 292 g/mol. The number of hydrogen-bond acceptors (Lipinski definition) is 6. The molecular formula is C14H13ClN4O2. The average Bonchev–Trinajstić information content (AvgIpc) is 2.41. The van der Waals surface area contributed by atoms with Crippen LogP contribution in [-0.4, -0.2) is 21.2 Å². The number of rotatable bonds is 4. The summed E-state index contributed by atoms with van der Waals surface area (Å²) in [6.45, 7) is 3.74. The lowest BCUT2D eigenvalue weighted by Gasteiger charge is -2.16. The van der Waals surface area contributed by atoms with Gasteiger partial charge in [-0.05, 0) is 37.6 Å². The molecule has 2 N–H and O–H groups in total. The van der Waals surface area contributed by atoms with Crippen LogP contribution >= 0.6 is 11.6 Å². The highest BCUT2D eigenvalue weighted by atomic mass is 35.5. The standard InChI is InChI=1S/C14H13ClN4O2/c1-8(2)21-12-5-10(20)3-4-11(12)18-13-9(6-16)7-17-14(15)19-13/h3-5,7-8,20H,1-2H3,(H,17,18,19). The van der Waals surface area contributed by atoms with Crippen molar-refractivity contribution in [3.8, 4) is 17.6 Å². The first-order valence-electron chi connectivity index (χ1n) is 6.19. The van der Waals surface area contributed by atoms with Gasteiger partial charge in [0.25, 0.3) is 0 Å². The van der Waals surface area contributed by atoms with Crippen LogP contribution in [0.15, 0.2) is 24.4 Å². The number of phenols is 1. The monoisotopic (exact) mass is 304 g/mol. The van der Waals surface area contributed by atoms with Gasteiger partial charge in [0.2, 0.25) is 5.28 Å². The first-order valence-corrected chi connectivity index (χ1v) is 6.56. The molecule has 0 saturated heterocycles. The van der Waals surface area contributed by atoms with E-state index in [-0.39, 0.29) is 28.5 Å². The lowest BCUT2D eigenvalue weighted by Crippen LogP contribution is -2.08. The average molecular weight is 305 g/mol. The summed E-state index contributed by atoms with van der Waals surface area (Å²) in [5.74, 6) is 0.804.